The van der Waals surface area contributed by atoms with Crippen LogP contribution in [0, 0.1) is 5.82 Å². The van der Waals surface area contributed by atoms with E-state index in [1.165, 1.54) is 30.3 Å². The van der Waals surface area contributed by atoms with Crippen LogP contribution in [0.4, 0.5) is 10.1 Å². The van der Waals surface area contributed by atoms with Gasteiger partial charge in [0.2, 0.25) is 0 Å². The van der Waals surface area contributed by atoms with Crippen LogP contribution in [-0.2, 0) is 9.53 Å². The van der Waals surface area contributed by atoms with Crippen molar-refractivity contribution in [2.75, 3.05) is 25.1 Å². The lowest BCUT2D eigenvalue weighted by Gasteiger charge is -2.11. The van der Waals surface area contributed by atoms with E-state index in [4.69, 9.17) is 25.8 Å². The number of hydrogen-bond acceptors (Lipinski definition) is 5. The third kappa shape index (κ3) is 4.23. The van der Waals surface area contributed by atoms with Crippen molar-refractivity contribution in [3.63, 3.8) is 0 Å². The number of amides is 1. The van der Waals surface area contributed by atoms with E-state index in [0.29, 0.717) is 31.1 Å². The summed E-state index contributed by atoms with van der Waals surface area (Å²) in [4.78, 5) is 24.0. The molecule has 136 valence electrons. The van der Waals surface area contributed by atoms with Gasteiger partial charge in [-0.1, -0.05) is 23.7 Å². The smallest absolute Gasteiger partial charge is 0.338 e. The summed E-state index contributed by atoms with van der Waals surface area (Å²) in [5, 5.41) is 2.54. The molecule has 0 atom stereocenters. The minimum atomic E-state index is -0.758. The van der Waals surface area contributed by atoms with Crippen molar-refractivity contribution >= 4 is 29.2 Å². The second-order valence-electron chi connectivity index (χ2n) is 5.44. The molecule has 8 heteroatoms. The number of fused-ring (bicyclic) bond motifs is 1. The quantitative estimate of drug-likeness (QED) is 0.824. The number of esters is 1. The molecular weight excluding hydrogens is 365 g/mol. The molecule has 0 aliphatic carbocycles. The fourth-order valence-corrected chi connectivity index (χ4v) is 2.58. The molecule has 0 bridgehead atoms. The Labute approximate surface area is 153 Å². The largest absolute Gasteiger partial charge is 0.489 e. The molecule has 26 heavy (non-hydrogen) atoms. The van der Waals surface area contributed by atoms with E-state index in [9.17, 15) is 14.0 Å². The maximum atomic E-state index is 13.5. The molecule has 0 unspecified atom stereocenters. The minimum absolute atomic E-state index is 0.00664. The van der Waals surface area contributed by atoms with Crippen LogP contribution in [0.1, 0.15) is 16.8 Å². The van der Waals surface area contributed by atoms with E-state index < -0.39 is 24.3 Å². The van der Waals surface area contributed by atoms with Crippen LogP contribution in [0.25, 0.3) is 0 Å². The molecule has 2 aromatic rings. The van der Waals surface area contributed by atoms with Crippen molar-refractivity contribution in [2.45, 2.75) is 6.42 Å². The van der Waals surface area contributed by atoms with Crippen LogP contribution in [0.15, 0.2) is 36.4 Å². The maximum absolute atomic E-state index is 13.5. The van der Waals surface area contributed by atoms with Crippen LogP contribution >= 0.6 is 11.6 Å². The Balaban J connectivity index is 1.63. The van der Waals surface area contributed by atoms with Gasteiger partial charge in [-0.05, 0) is 24.3 Å². The zero-order valence-corrected chi connectivity index (χ0v) is 14.3. The molecule has 1 aliphatic rings. The average Bonchev–Trinajstić information content (AvgIpc) is 2.87. The van der Waals surface area contributed by atoms with Crippen molar-refractivity contribution in [2.24, 2.45) is 0 Å². The lowest BCUT2D eigenvalue weighted by molar-refractivity contribution is -0.119. The van der Waals surface area contributed by atoms with Crippen LogP contribution < -0.4 is 14.8 Å². The SMILES string of the molecule is O=C(COC(=O)c1cc(Cl)c2c(c1)OCCCO2)Nc1ccccc1F. The van der Waals surface area contributed by atoms with E-state index in [0.717, 1.165) is 0 Å². The number of anilines is 1. The van der Waals surface area contributed by atoms with E-state index in [1.807, 2.05) is 0 Å². The standard InChI is InChI=1S/C18H15ClFNO5/c19-12-8-11(9-15-17(12)25-7-3-6-24-15)18(23)26-10-16(22)21-14-5-2-1-4-13(14)20/h1-2,4-5,8-9H,3,6-7,10H2,(H,21,22). The molecule has 0 radical (unpaired) electrons. The third-order valence-corrected chi connectivity index (χ3v) is 3.80. The van der Waals surface area contributed by atoms with Crippen molar-refractivity contribution < 1.29 is 28.2 Å². The zero-order chi connectivity index (χ0) is 18.5. The number of carbonyl (C=O) groups is 2. The Morgan fingerprint density at radius 3 is 2.77 bits per heavy atom. The summed E-state index contributed by atoms with van der Waals surface area (Å²) in [5.74, 6) is -1.28. The van der Waals surface area contributed by atoms with Gasteiger partial charge in [0, 0.05) is 6.42 Å². The number of rotatable bonds is 4. The monoisotopic (exact) mass is 379 g/mol. The number of halogens is 2. The second-order valence-corrected chi connectivity index (χ2v) is 5.85. The van der Waals surface area contributed by atoms with E-state index in [1.54, 1.807) is 6.07 Å². The molecule has 1 N–H and O–H groups in total. The fraction of sp³-hybridized carbons (Fsp3) is 0.222. The number of para-hydroxylation sites is 1. The summed E-state index contributed by atoms with van der Waals surface area (Å²) in [7, 11) is 0. The minimum Gasteiger partial charge on any atom is -0.489 e. The molecule has 0 spiro atoms. The Bertz CT molecular complexity index is 842. The van der Waals surface area contributed by atoms with Gasteiger partial charge in [-0.3, -0.25) is 4.79 Å². The van der Waals surface area contributed by atoms with Gasteiger partial charge in [0.1, 0.15) is 5.82 Å². The Morgan fingerprint density at radius 1 is 1.19 bits per heavy atom. The molecule has 6 nitrogen and oxygen atoms in total. The number of carbonyl (C=O) groups excluding carboxylic acids is 2. The summed E-state index contributed by atoms with van der Waals surface area (Å²) in [6.45, 7) is 0.332. The highest BCUT2D eigenvalue weighted by Gasteiger charge is 2.20. The lowest BCUT2D eigenvalue weighted by atomic mass is 10.2. The molecule has 0 fully saturated rings. The summed E-state index contributed by atoms with van der Waals surface area (Å²) in [6.07, 6.45) is 0.695. The topological polar surface area (TPSA) is 73.9 Å². The first-order valence-corrected chi connectivity index (χ1v) is 8.23. The molecule has 1 amide bonds. The summed E-state index contributed by atoms with van der Waals surface area (Å²) >= 11 is 6.12. The van der Waals surface area contributed by atoms with Crippen LogP contribution in [-0.4, -0.2) is 31.7 Å². The number of benzene rings is 2. The third-order valence-electron chi connectivity index (χ3n) is 3.52. The van der Waals surface area contributed by atoms with Crippen LogP contribution in [0.2, 0.25) is 5.02 Å². The van der Waals surface area contributed by atoms with Crippen molar-refractivity contribution in [1.29, 1.82) is 0 Å². The zero-order valence-electron chi connectivity index (χ0n) is 13.6. The molecule has 1 heterocycles. The van der Waals surface area contributed by atoms with Crippen molar-refractivity contribution in [3.8, 4) is 11.5 Å². The predicted molar refractivity (Wildman–Crippen MR) is 92.4 cm³/mol. The predicted octanol–water partition coefficient (Wildman–Crippen LogP) is 3.44. The van der Waals surface area contributed by atoms with Gasteiger partial charge < -0.3 is 19.5 Å². The van der Waals surface area contributed by atoms with E-state index in [2.05, 4.69) is 5.32 Å². The van der Waals surface area contributed by atoms with Gasteiger partial charge in [0.15, 0.2) is 18.1 Å². The fourth-order valence-electron chi connectivity index (χ4n) is 2.31. The van der Waals surface area contributed by atoms with Crippen LogP contribution in [0.3, 0.4) is 0 Å². The van der Waals surface area contributed by atoms with Gasteiger partial charge in [0.25, 0.3) is 5.91 Å². The Kier molecular flexibility index (Phi) is 5.58. The van der Waals surface area contributed by atoms with Crippen molar-refractivity contribution in [1.82, 2.24) is 0 Å². The van der Waals surface area contributed by atoms with Gasteiger partial charge in [-0.25, -0.2) is 9.18 Å². The molecule has 2 aromatic carbocycles. The molecule has 3 rings (SSSR count). The highest BCUT2D eigenvalue weighted by Crippen LogP contribution is 2.38. The summed E-state index contributed by atoms with van der Waals surface area (Å²) < 4.78 is 29.4. The molecule has 0 saturated heterocycles. The number of ether oxygens (including phenoxy) is 3. The van der Waals surface area contributed by atoms with Gasteiger partial charge >= 0.3 is 5.97 Å². The van der Waals surface area contributed by atoms with Crippen LogP contribution in [0.5, 0.6) is 11.5 Å². The summed E-state index contributed by atoms with van der Waals surface area (Å²) in [5.41, 5.74) is 0.130. The van der Waals surface area contributed by atoms with Gasteiger partial charge in [-0.2, -0.15) is 0 Å². The first-order valence-electron chi connectivity index (χ1n) is 7.85. The lowest BCUT2D eigenvalue weighted by Crippen LogP contribution is -2.21. The molecule has 0 aromatic heterocycles. The Morgan fingerprint density at radius 2 is 1.96 bits per heavy atom. The highest BCUT2D eigenvalue weighted by molar-refractivity contribution is 6.32. The van der Waals surface area contributed by atoms with Gasteiger partial charge in [0.05, 0.1) is 29.5 Å². The molecule has 0 saturated carbocycles. The van der Waals surface area contributed by atoms with Gasteiger partial charge in [-0.15, -0.1) is 0 Å². The average molecular weight is 380 g/mol. The van der Waals surface area contributed by atoms with Crippen molar-refractivity contribution in [3.05, 3.63) is 52.8 Å². The summed E-state index contributed by atoms with van der Waals surface area (Å²) in [6, 6.07) is 8.51. The number of nitrogens with one attached hydrogen (secondary N) is 1. The first kappa shape index (κ1) is 18.0. The number of hydrogen-bond donors (Lipinski definition) is 1. The normalized spacial score (nSPS) is 12.8. The maximum Gasteiger partial charge on any atom is 0.338 e. The molecule has 1 aliphatic heterocycles. The molecular formula is C18H15ClFNO5. The first-order chi connectivity index (χ1) is 12.5. The van der Waals surface area contributed by atoms with E-state index >= 15 is 0 Å². The second kappa shape index (κ2) is 8.05. The van der Waals surface area contributed by atoms with E-state index in [-0.39, 0.29) is 16.3 Å². The highest BCUT2D eigenvalue weighted by atomic mass is 35.5. The Hall–Kier alpha value is -2.80.